The molecule has 0 aliphatic carbocycles. The van der Waals surface area contributed by atoms with E-state index >= 15 is 0 Å². The molecule has 0 fully saturated rings. The second kappa shape index (κ2) is 5.47. The number of hydrogen-bond acceptors (Lipinski definition) is 5. The zero-order valence-corrected chi connectivity index (χ0v) is 10.4. The highest BCUT2D eigenvalue weighted by molar-refractivity contribution is 6.30. The molecule has 6 nitrogen and oxygen atoms in total. The number of anilines is 1. The van der Waals surface area contributed by atoms with E-state index < -0.39 is 17.9 Å². The summed E-state index contributed by atoms with van der Waals surface area (Å²) in [6.45, 7) is 0. The van der Waals surface area contributed by atoms with Gasteiger partial charge in [-0.3, -0.25) is 10.4 Å². The second-order valence-electron chi connectivity index (χ2n) is 3.58. The normalized spacial score (nSPS) is 11.4. The van der Waals surface area contributed by atoms with Crippen molar-refractivity contribution in [2.45, 2.75) is 6.30 Å². The summed E-state index contributed by atoms with van der Waals surface area (Å²) in [5.74, 6) is -0.472. The molecule has 0 atom stereocenters. The summed E-state index contributed by atoms with van der Waals surface area (Å²) < 4.78 is 36.0. The van der Waals surface area contributed by atoms with Gasteiger partial charge in [0.25, 0.3) is 0 Å². The number of halogens is 4. The van der Waals surface area contributed by atoms with Crippen LogP contribution in [0.1, 0.15) is 0 Å². The van der Waals surface area contributed by atoms with E-state index in [1.54, 1.807) is 23.6 Å². The fourth-order valence-corrected chi connectivity index (χ4v) is 1.53. The van der Waals surface area contributed by atoms with Gasteiger partial charge in [0.1, 0.15) is 5.82 Å². The number of hydrogen-bond donors (Lipinski definition) is 3. The summed E-state index contributed by atoms with van der Waals surface area (Å²) in [4.78, 5) is 20.6. The van der Waals surface area contributed by atoms with Crippen molar-refractivity contribution in [2.75, 3.05) is 5.43 Å². The maximum Gasteiger partial charge on any atom is 0.474 e. The third-order valence-electron chi connectivity index (χ3n) is 2.06. The predicted molar refractivity (Wildman–Crippen MR) is 65.9 cm³/mol. The molecule has 2 aromatic rings. The van der Waals surface area contributed by atoms with Crippen molar-refractivity contribution in [3.05, 3.63) is 39.8 Å². The van der Waals surface area contributed by atoms with Crippen molar-refractivity contribution >= 4 is 17.5 Å². The number of alkyl halides is 3. The van der Waals surface area contributed by atoms with Gasteiger partial charge in [-0.25, -0.2) is 4.79 Å². The number of hydrazine groups is 1. The lowest BCUT2D eigenvalue weighted by molar-refractivity contribution is -0.151. The molecule has 1 heterocycles. The molecule has 0 aliphatic heterocycles. The SMILES string of the molecule is O=c1nc(NNC(F)(F)F)nc(-c2cccc(Cl)c2)[nH]1. The Morgan fingerprint density at radius 2 is 2.00 bits per heavy atom. The average Bonchev–Trinajstić information content (AvgIpc) is 2.35. The van der Waals surface area contributed by atoms with Crippen LogP contribution in [-0.2, 0) is 0 Å². The van der Waals surface area contributed by atoms with E-state index in [1.807, 2.05) is 0 Å². The molecule has 106 valence electrons. The molecule has 0 unspecified atom stereocenters. The van der Waals surface area contributed by atoms with Gasteiger partial charge in [0.2, 0.25) is 5.95 Å². The van der Waals surface area contributed by atoms with E-state index in [9.17, 15) is 18.0 Å². The van der Waals surface area contributed by atoms with Gasteiger partial charge in [-0.1, -0.05) is 23.7 Å². The maximum absolute atomic E-state index is 12.0. The quantitative estimate of drug-likeness (QED) is 0.596. The number of nitrogens with one attached hydrogen (secondary N) is 3. The highest BCUT2D eigenvalue weighted by Crippen LogP contribution is 2.19. The number of H-pyrrole nitrogens is 1. The van der Waals surface area contributed by atoms with Gasteiger partial charge in [-0.2, -0.15) is 23.1 Å². The van der Waals surface area contributed by atoms with Crippen LogP contribution >= 0.6 is 11.6 Å². The summed E-state index contributed by atoms with van der Waals surface area (Å²) in [5.41, 5.74) is 2.29. The molecule has 20 heavy (non-hydrogen) atoms. The first-order valence-electron chi connectivity index (χ1n) is 5.18. The molecule has 0 saturated heterocycles. The minimum atomic E-state index is -4.68. The predicted octanol–water partition coefficient (Wildman–Crippen LogP) is 1.92. The number of aromatic nitrogens is 3. The lowest BCUT2D eigenvalue weighted by Crippen LogP contribution is -2.37. The van der Waals surface area contributed by atoms with Crippen LogP contribution in [0.4, 0.5) is 19.1 Å². The number of benzene rings is 1. The fraction of sp³-hybridized carbons (Fsp3) is 0.100. The van der Waals surface area contributed by atoms with Gasteiger partial charge in [-0.05, 0) is 12.1 Å². The Morgan fingerprint density at radius 3 is 2.65 bits per heavy atom. The Bertz CT molecular complexity index is 672. The standard InChI is InChI=1S/C10H7ClF3N5O/c11-6-3-1-2-5(4-6)7-15-8(17-9(20)16-7)18-19-10(12,13)14/h1-4,19H,(H2,15,16,17,18,20). The van der Waals surface area contributed by atoms with Crippen molar-refractivity contribution in [2.24, 2.45) is 0 Å². The van der Waals surface area contributed by atoms with Crippen molar-refractivity contribution in [3.63, 3.8) is 0 Å². The summed E-state index contributed by atoms with van der Waals surface area (Å²) >= 11 is 5.78. The first kappa shape index (κ1) is 14.3. The molecule has 1 aromatic carbocycles. The average molecular weight is 306 g/mol. The highest BCUT2D eigenvalue weighted by atomic mass is 35.5. The topological polar surface area (TPSA) is 82.7 Å². The van der Waals surface area contributed by atoms with Crippen molar-refractivity contribution < 1.29 is 13.2 Å². The monoisotopic (exact) mass is 305 g/mol. The Labute approximate surface area is 115 Å². The Kier molecular flexibility index (Phi) is 3.91. The van der Waals surface area contributed by atoms with Gasteiger partial charge in [0.15, 0.2) is 0 Å². The molecule has 0 amide bonds. The Hall–Kier alpha value is -2.13. The maximum atomic E-state index is 12.0. The third kappa shape index (κ3) is 3.93. The lowest BCUT2D eigenvalue weighted by Gasteiger charge is -2.10. The first-order valence-corrected chi connectivity index (χ1v) is 5.55. The molecule has 0 bridgehead atoms. The van der Waals surface area contributed by atoms with E-state index in [0.29, 0.717) is 10.6 Å². The minimum Gasteiger partial charge on any atom is -0.290 e. The number of aromatic amines is 1. The van der Waals surface area contributed by atoms with Gasteiger partial charge in [0, 0.05) is 10.6 Å². The van der Waals surface area contributed by atoms with E-state index in [-0.39, 0.29) is 5.82 Å². The zero-order chi connectivity index (χ0) is 14.8. The Balaban J connectivity index is 2.32. The number of nitrogens with zero attached hydrogens (tertiary/aromatic N) is 2. The molecule has 0 spiro atoms. The van der Waals surface area contributed by atoms with Crippen LogP contribution in [-0.4, -0.2) is 21.3 Å². The van der Waals surface area contributed by atoms with Gasteiger partial charge < -0.3 is 0 Å². The van der Waals surface area contributed by atoms with E-state index in [2.05, 4.69) is 15.0 Å². The Morgan fingerprint density at radius 1 is 1.25 bits per heavy atom. The fourth-order valence-electron chi connectivity index (χ4n) is 1.34. The summed E-state index contributed by atoms with van der Waals surface area (Å²) in [5, 5.41) is 0.393. The van der Waals surface area contributed by atoms with E-state index in [4.69, 9.17) is 11.6 Å². The van der Waals surface area contributed by atoms with Crippen LogP contribution in [0.3, 0.4) is 0 Å². The molecule has 10 heteroatoms. The smallest absolute Gasteiger partial charge is 0.290 e. The van der Waals surface area contributed by atoms with Crippen LogP contribution in [0, 0.1) is 0 Å². The van der Waals surface area contributed by atoms with Crippen LogP contribution in [0.15, 0.2) is 29.1 Å². The molecule has 2 rings (SSSR count). The molecular formula is C10H7ClF3N5O. The lowest BCUT2D eigenvalue weighted by atomic mass is 10.2. The zero-order valence-electron chi connectivity index (χ0n) is 9.62. The number of rotatable bonds is 3. The molecule has 0 radical (unpaired) electrons. The minimum absolute atomic E-state index is 0.0407. The van der Waals surface area contributed by atoms with Crippen LogP contribution in [0.5, 0.6) is 0 Å². The summed E-state index contributed by atoms with van der Waals surface area (Å²) in [7, 11) is 0. The molecular weight excluding hydrogens is 299 g/mol. The third-order valence-corrected chi connectivity index (χ3v) is 2.30. The van der Waals surface area contributed by atoms with Crippen LogP contribution < -0.4 is 16.5 Å². The summed E-state index contributed by atoms with van der Waals surface area (Å²) in [6, 6.07) is 6.31. The van der Waals surface area contributed by atoms with Crippen molar-refractivity contribution in [1.82, 2.24) is 20.4 Å². The first-order chi connectivity index (χ1) is 9.33. The van der Waals surface area contributed by atoms with Crippen LogP contribution in [0.25, 0.3) is 11.4 Å². The molecule has 3 N–H and O–H groups in total. The summed E-state index contributed by atoms with van der Waals surface area (Å²) in [6.07, 6.45) is -4.68. The largest absolute Gasteiger partial charge is 0.474 e. The van der Waals surface area contributed by atoms with Crippen molar-refractivity contribution in [1.29, 1.82) is 0 Å². The van der Waals surface area contributed by atoms with E-state index in [0.717, 1.165) is 5.43 Å². The van der Waals surface area contributed by atoms with Crippen molar-refractivity contribution in [3.8, 4) is 11.4 Å². The van der Waals surface area contributed by atoms with Gasteiger partial charge in [0.05, 0.1) is 0 Å². The van der Waals surface area contributed by atoms with Crippen LogP contribution in [0.2, 0.25) is 5.02 Å². The highest BCUT2D eigenvalue weighted by Gasteiger charge is 2.27. The van der Waals surface area contributed by atoms with Gasteiger partial charge >= 0.3 is 12.0 Å². The molecule has 1 aromatic heterocycles. The molecule has 0 saturated carbocycles. The van der Waals surface area contributed by atoms with E-state index in [1.165, 1.54) is 6.07 Å². The second-order valence-corrected chi connectivity index (χ2v) is 4.02. The van der Waals surface area contributed by atoms with Gasteiger partial charge in [-0.15, -0.1) is 5.43 Å². The molecule has 0 aliphatic rings.